The molecule has 3 rings (SSSR count). The minimum atomic E-state index is -1.11. The molecule has 0 fully saturated rings. The van der Waals surface area contributed by atoms with Gasteiger partial charge in [-0.3, -0.25) is 15.0 Å². The average Bonchev–Trinajstić information content (AvgIpc) is 2.87. The lowest BCUT2D eigenvalue weighted by Gasteiger charge is -2.30. The van der Waals surface area contributed by atoms with E-state index in [2.05, 4.69) is 5.32 Å². The largest absolute Gasteiger partial charge is 0.466 e. The minimum absolute atomic E-state index is 0.0545. The van der Waals surface area contributed by atoms with Crippen molar-refractivity contribution in [2.75, 3.05) is 34.0 Å². The Morgan fingerprint density at radius 2 is 1.83 bits per heavy atom. The molecule has 1 N–H and O–H groups in total. The van der Waals surface area contributed by atoms with Crippen LogP contribution in [-0.4, -0.2) is 55.7 Å². The van der Waals surface area contributed by atoms with E-state index in [9.17, 15) is 24.1 Å². The van der Waals surface area contributed by atoms with Gasteiger partial charge in [-0.15, -0.1) is 0 Å². The summed E-state index contributed by atoms with van der Waals surface area (Å²) in [4.78, 5) is 38.7. The van der Waals surface area contributed by atoms with Crippen molar-refractivity contribution >= 4 is 17.6 Å². The number of rotatable bonds is 10. The van der Waals surface area contributed by atoms with Gasteiger partial charge in [0.15, 0.2) is 0 Å². The molecule has 1 aliphatic rings. The molecule has 2 aromatic rings. The Hall–Kier alpha value is -4.05. The highest BCUT2D eigenvalue weighted by molar-refractivity contribution is 6.00. The van der Waals surface area contributed by atoms with Crippen LogP contribution in [0.5, 0.6) is 0 Å². The van der Waals surface area contributed by atoms with Crippen LogP contribution in [0.3, 0.4) is 0 Å². The van der Waals surface area contributed by atoms with E-state index in [1.807, 2.05) is 42.3 Å². The van der Waals surface area contributed by atoms with Crippen LogP contribution in [0.1, 0.15) is 24.0 Å². The van der Waals surface area contributed by atoms with Crippen LogP contribution in [0.15, 0.2) is 77.1 Å². The lowest BCUT2D eigenvalue weighted by molar-refractivity contribution is -0.384. The topological polar surface area (TPSA) is 111 Å². The molecule has 2 aromatic carbocycles. The number of benzene rings is 2. The molecule has 36 heavy (non-hydrogen) atoms. The molecule has 0 bridgehead atoms. The Balaban J connectivity index is 1.87. The number of carbonyl (C=O) groups is 2. The molecule has 10 heteroatoms. The summed E-state index contributed by atoms with van der Waals surface area (Å²) in [6.07, 6.45) is 0. The van der Waals surface area contributed by atoms with Gasteiger partial charge < -0.3 is 14.8 Å². The number of nitrogens with zero attached hydrogens (tertiary/aromatic N) is 2. The van der Waals surface area contributed by atoms with Gasteiger partial charge >= 0.3 is 11.9 Å². The van der Waals surface area contributed by atoms with E-state index in [4.69, 9.17) is 9.47 Å². The van der Waals surface area contributed by atoms with Gasteiger partial charge in [-0.05, 0) is 25.1 Å². The first kappa shape index (κ1) is 26.6. The highest BCUT2D eigenvalue weighted by Gasteiger charge is 2.39. The van der Waals surface area contributed by atoms with Crippen LogP contribution < -0.4 is 5.32 Å². The van der Waals surface area contributed by atoms with Crippen LogP contribution >= 0.6 is 0 Å². The number of methoxy groups -OCH3 is 1. The number of nitro groups is 1. The number of carbonyl (C=O) groups excluding carboxylic acids is 2. The lowest BCUT2D eigenvalue weighted by atomic mass is 9.80. The second-order valence-corrected chi connectivity index (χ2v) is 8.33. The smallest absolute Gasteiger partial charge is 0.336 e. The molecule has 0 radical (unpaired) electrons. The normalized spacial score (nSPS) is 15.5. The summed E-state index contributed by atoms with van der Waals surface area (Å²) < 4.78 is 24.3. The van der Waals surface area contributed by atoms with Gasteiger partial charge in [0, 0.05) is 30.9 Å². The summed E-state index contributed by atoms with van der Waals surface area (Å²) in [7, 11) is 3.03. The summed E-state index contributed by atoms with van der Waals surface area (Å²) in [5.41, 5.74) is 1.27. The summed E-state index contributed by atoms with van der Waals surface area (Å²) >= 11 is 0. The van der Waals surface area contributed by atoms with E-state index in [0.717, 1.165) is 12.7 Å². The van der Waals surface area contributed by atoms with E-state index >= 15 is 0 Å². The summed E-state index contributed by atoms with van der Waals surface area (Å²) in [5, 5.41) is 14.1. The van der Waals surface area contributed by atoms with Gasteiger partial charge in [-0.2, -0.15) is 0 Å². The molecular weight excluding hydrogens is 469 g/mol. The molecule has 1 atom stereocenters. The Morgan fingerprint density at radius 1 is 1.11 bits per heavy atom. The Kier molecular flexibility index (Phi) is 8.91. The highest BCUT2D eigenvalue weighted by atomic mass is 19.1. The standard InChI is InChI=1S/C26H28FN3O6/c1-17-22(26(32)36-13-12-29(2)16-18-8-5-4-6-9-18)23(19-10-7-11-20(14-19)30(33)34)24(25(31)35-3)21(15-27)28-17/h4-11,14,23,28H,12-13,15-16H2,1-3H3. The number of allylic oxidation sites excluding steroid dienone is 2. The molecule has 1 unspecified atom stereocenters. The van der Waals surface area contributed by atoms with Crippen molar-refractivity contribution in [3.8, 4) is 0 Å². The lowest BCUT2D eigenvalue weighted by Crippen LogP contribution is -2.34. The van der Waals surface area contributed by atoms with Gasteiger partial charge in [-0.25, -0.2) is 14.0 Å². The van der Waals surface area contributed by atoms with Crippen molar-refractivity contribution in [1.82, 2.24) is 10.2 Å². The number of likely N-dealkylation sites (N-methyl/N-ethyl adjacent to an activating group) is 1. The van der Waals surface area contributed by atoms with E-state index in [1.54, 1.807) is 6.92 Å². The number of dihydropyridines is 1. The molecule has 1 aliphatic heterocycles. The third-order valence-electron chi connectivity index (χ3n) is 5.82. The predicted octanol–water partition coefficient (Wildman–Crippen LogP) is 3.63. The molecule has 190 valence electrons. The van der Waals surface area contributed by atoms with Crippen molar-refractivity contribution in [3.05, 3.63) is 98.4 Å². The number of halogens is 1. The van der Waals surface area contributed by atoms with Gasteiger partial charge in [0.25, 0.3) is 5.69 Å². The number of nitrogens with one attached hydrogen (secondary N) is 1. The molecule has 0 saturated heterocycles. The zero-order valence-corrected chi connectivity index (χ0v) is 20.3. The zero-order chi connectivity index (χ0) is 26.2. The van der Waals surface area contributed by atoms with Gasteiger partial charge in [-0.1, -0.05) is 42.5 Å². The zero-order valence-electron chi connectivity index (χ0n) is 20.3. The molecule has 0 aliphatic carbocycles. The number of non-ortho nitro benzene ring substituents is 1. The number of hydrogen-bond acceptors (Lipinski definition) is 8. The molecule has 1 heterocycles. The molecule has 0 saturated carbocycles. The fourth-order valence-corrected chi connectivity index (χ4v) is 4.12. The van der Waals surface area contributed by atoms with Crippen LogP contribution in [0, 0.1) is 10.1 Å². The van der Waals surface area contributed by atoms with Gasteiger partial charge in [0.1, 0.15) is 13.3 Å². The number of ether oxygens (including phenoxy) is 2. The predicted molar refractivity (Wildman–Crippen MR) is 130 cm³/mol. The third kappa shape index (κ3) is 6.14. The Bertz CT molecular complexity index is 1200. The average molecular weight is 498 g/mol. The molecule has 9 nitrogen and oxygen atoms in total. The molecule has 0 spiro atoms. The van der Waals surface area contributed by atoms with Gasteiger partial charge in [0.05, 0.1) is 34.8 Å². The second kappa shape index (κ2) is 12.1. The summed E-state index contributed by atoms with van der Waals surface area (Å²) in [5.74, 6) is -2.69. The first-order valence-corrected chi connectivity index (χ1v) is 11.3. The Labute approximate surface area is 208 Å². The van der Waals surface area contributed by atoms with E-state index in [0.29, 0.717) is 13.1 Å². The SMILES string of the molecule is COC(=O)C1=C(CF)NC(C)=C(C(=O)OCCN(C)Cc2ccccc2)C1c1cccc([N+](=O)[O-])c1. The maximum absolute atomic E-state index is 13.9. The monoisotopic (exact) mass is 497 g/mol. The Morgan fingerprint density at radius 3 is 2.47 bits per heavy atom. The molecule has 0 amide bonds. The highest BCUT2D eigenvalue weighted by Crippen LogP contribution is 2.40. The first-order valence-electron chi connectivity index (χ1n) is 11.3. The van der Waals surface area contributed by atoms with Crippen molar-refractivity contribution in [1.29, 1.82) is 0 Å². The van der Waals surface area contributed by atoms with Crippen molar-refractivity contribution in [2.45, 2.75) is 19.4 Å². The van der Waals surface area contributed by atoms with Crippen LogP contribution in [-0.2, 0) is 25.6 Å². The minimum Gasteiger partial charge on any atom is -0.466 e. The first-order chi connectivity index (χ1) is 17.3. The van der Waals surface area contributed by atoms with Gasteiger partial charge in [0.2, 0.25) is 0 Å². The van der Waals surface area contributed by atoms with Crippen molar-refractivity contribution in [3.63, 3.8) is 0 Å². The maximum Gasteiger partial charge on any atom is 0.336 e. The van der Waals surface area contributed by atoms with Crippen LogP contribution in [0.2, 0.25) is 0 Å². The number of nitro benzene ring substituents is 1. The summed E-state index contributed by atoms with van der Waals surface area (Å²) in [6, 6.07) is 15.3. The third-order valence-corrected chi connectivity index (χ3v) is 5.82. The van der Waals surface area contributed by atoms with E-state index in [1.165, 1.54) is 24.3 Å². The number of esters is 2. The summed E-state index contributed by atoms with van der Waals surface area (Å²) in [6.45, 7) is 1.70. The molecule has 0 aromatic heterocycles. The van der Waals surface area contributed by atoms with Crippen LogP contribution in [0.4, 0.5) is 10.1 Å². The fraction of sp³-hybridized carbons (Fsp3) is 0.308. The second-order valence-electron chi connectivity index (χ2n) is 8.33. The maximum atomic E-state index is 13.9. The van der Waals surface area contributed by atoms with Crippen molar-refractivity contribution < 1.29 is 28.4 Å². The number of alkyl halides is 1. The quantitative estimate of drug-likeness (QED) is 0.301. The van der Waals surface area contributed by atoms with E-state index < -0.39 is 29.5 Å². The fourth-order valence-electron chi connectivity index (χ4n) is 4.12. The number of hydrogen-bond donors (Lipinski definition) is 1. The molecular formula is C26H28FN3O6. The van der Waals surface area contributed by atoms with Crippen molar-refractivity contribution in [2.24, 2.45) is 0 Å². The van der Waals surface area contributed by atoms with Crippen LogP contribution in [0.25, 0.3) is 0 Å². The van der Waals surface area contributed by atoms with E-state index in [-0.39, 0.29) is 40.4 Å².